The second-order valence-electron chi connectivity index (χ2n) is 6.19. The normalized spacial score (nSPS) is 14.0. The third-order valence-electron chi connectivity index (χ3n) is 4.20. The van der Waals surface area contributed by atoms with E-state index >= 15 is 0 Å². The minimum Gasteiger partial charge on any atom is -0.461 e. The monoisotopic (exact) mass is 358 g/mol. The zero-order valence-electron chi connectivity index (χ0n) is 14.0. The number of thiophene rings is 1. The zero-order chi connectivity index (χ0) is 17.6. The van der Waals surface area contributed by atoms with Gasteiger partial charge in [-0.1, -0.05) is 30.3 Å². The van der Waals surface area contributed by atoms with Crippen molar-refractivity contribution >= 4 is 23.2 Å². The highest BCUT2D eigenvalue weighted by Gasteiger charge is 2.19. The average molecular weight is 358 g/mol. The summed E-state index contributed by atoms with van der Waals surface area (Å²) in [5, 5.41) is 2.81. The number of aryl methyl sites for hydroxylation is 2. The van der Waals surface area contributed by atoms with Crippen molar-refractivity contribution in [2.24, 2.45) is 5.73 Å². The Balaban J connectivity index is 1.40. The summed E-state index contributed by atoms with van der Waals surface area (Å²) in [6.45, 7) is 0.651. The van der Waals surface area contributed by atoms with E-state index in [1.807, 2.05) is 30.3 Å². The smallest absolute Gasteiger partial charge is 0.308 e. The van der Waals surface area contributed by atoms with E-state index in [1.54, 1.807) is 11.3 Å². The number of nitrogens with two attached hydrogens (primary N) is 1. The lowest BCUT2D eigenvalue weighted by Crippen LogP contribution is -2.41. The van der Waals surface area contributed by atoms with Gasteiger partial charge in [0.1, 0.15) is 6.61 Å². The molecule has 0 bridgehead atoms. The van der Waals surface area contributed by atoms with Crippen molar-refractivity contribution in [3.63, 3.8) is 0 Å². The molecule has 1 amide bonds. The van der Waals surface area contributed by atoms with E-state index in [2.05, 4.69) is 11.4 Å². The number of ether oxygens (including phenoxy) is 1. The minimum absolute atomic E-state index is 0.125. The third-order valence-corrected chi connectivity index (χ3v) is 5.44. The van der Waals surface area contributed by atoms with Gasteiger partial charge in [0.15, 0.2) is 0 Å². The van der Waals surface area contributed by atoms with E-state index in [0.717, 1.165) is 23.3 Å². The first kappa shape index (κ1) is 17.6. The Hall–Kier alpha value is -2.18. The summed E-state index contributed by atoms with van der Waals surface area (Å²) in [6.07, 6.45) is 3.37. The molecule has 132 valence electrons. The molecular formula is C19H22N2O3S. The highest BCUT2D eigenvalue weighted by Crippen LogP contribution is 2.30. The average Bonchev–Trinajstić information content (AvgIpc) is 3.20. The van der Waals surface area contributed by atoms with Crippen molar-refractivity contribution in [3.05, 3.63) is 57.3 Å². The van der Waals surface area contributed by atoms with Crippen LogP contribution in [0.25, 0.3) is 0 Å². The number of amides is 1. The molecule has 0 radical (unpaired) electrons. The summed E-state index contributed by atoms with van der Waals surface area (Å²) >= 11 is 1.75. The highest BCUT2D eigenvalue weighted by atomic mass is 32.1. The van der Waals surface area contributed by atoms with Gasteiger partial charge in [-0.15, -0.1) is 11.3 Å². The van der Waals surface area contributed by atoms with Crippen molar-refractivity contribution < 1.29 is 14.3 Å². The predicted molar refractivity (Wildman–Crippen MR) is 97.0 cm³/mol. The first-order valence-electron chi connectivity index (χ1n) is 8.45. The maximum Gasteiger partial charge on any atom is 0.308 e. The lowest BCUT2D eigenvalue weighted by Gasteiger charge is -2.11. The summed E-state index contributed by atoms with van der Waals surface area (Å²) in [7, 11) is 0. The quantitative estimate of drug-likeness (QED) is 0.744. The fraction of sp³-hybridized carbons (Fsp3) is 0.368. The van der Waals surface area contributed by atoms with Crippen LogP contribution < -0.4 is 11.1 Å². The molecule has 5 nitrogen and oxygen atoms in total. The first-order valence-corrected chi connectivity index (χ1v) is 9.27. The van der Waals surface area contributed by atoms with Crippen molar-refractivity contribution in [2.45, 2.75) is 44.9 Å². The van der Waals surface area contributed by atoms with Crippen LogP contribution in [0.5, 0.6) is 0 Å². The van der Waals surface area contributed by atoms with Crippen molar-refractivity contribution in [1.82, 2.24) is 5.32 Å². The fourth-order valence-electron chi connectivity index (χ4n) is 2.85. The number of fused-ring (bicyclic) bond motifs is 1. The van der Waals surface area contributed by atoms with Crippen LogP contribution in [0.1, 0.15) is 33.7 Å². The predicted octanol–water partition coefficient (Wildman–Crippen LogP) is 2.31. The van der Waals surface area contributed by atoms with Gasteiger partial charge in [0, 0.05) is 9.75 Å². The van der Waals surface area contributed by atoms with Crippen LogP contribution in [0.3, 0.4) is 0 Å². The molecule has 0 saturated carbocycles. The number of nitrogens with one attached hydrogen (secondary N) is 1. The van der Waals surface area contributed by atoms with Gasteiger partial charge in [0.2, 0.25) is 5.91 Å². The number of benzene rings is 1. The summed E-state index contributed by atoms with van der Waals surface area (Å²) in [5.41, 5.74) is 8.12. The van der Waals surface area contributed by atoms with Gasteiger partial charge >= 0.3 is 5.97 Å². The molecule has 0 spiro atoms. The molecule has 1 aliphatic carbocycles. The molecule has 3 N–H and O–H groups in total. The van der Waals surface area contributed by atoms with Crippen LogP contribution in [0, 0.1) is 0 Å². The Morgan fingerprint density at radius 2 is 2.04 bits per heavy atom. The highest BCUT2D eigenvalue weighted by molar-refractivity contribution is 7.12. The molecule has 1 heterocycles. The molecule has 0 aliphatic heterocycles. The van der Waals surface area contributed by atoms with E-state index in [4.69, 9.17) is 10.5 Å². The number of carbonyl (C=O) groups is 2. The standard InChI is InChI=1S/C19H22N2O3S/c20-16(10-18(22)24-12-13-5-2-1-3-6-13)19(23)21-11-15-9-14-7-4-8-17(14)25-15/h1-3,5-6,9,16H,4,7-8,10-12,20H2,(H,21,23)/t16-/m0/s1. The lowest BCUT2D eigenvalue weighted by molar-refractivity contribution is -0.146. The van der Waals surface area contributed by atoms with Gasteiger partial charge in [0.25, 0.3) is 0 Å². The molecule has 2 aromatic rings. The number of hydrogen-bond donors (Lipinski definition) is 2. The summed E-state index contributed by atoms with van der Waals surface area (Å²) < 4.78 is 5.16. The van der Waals surface area contributed by atoms with E-state index < -0.39 is 12.0 Å². The molecule has 0 fully saturated rings. The second kappa shape index (κ2) is 8.27. The maximum absolute atomic E-state index is 12.1. The van der Waals surface area contributed by atoms with E-state index in [0.29, 0.717) is 6.54 Å². The molecular weight excluding hydrogens is 336 g/mol. The van der Waals surface area contributed by atoms with Crippen molar-refractivity contribution in [3.8, 4) is 0 Å². The molecule has 1 aliphatic rings. The van der Waals surface area contributed by atoms with E-state index in [-0.39, 0.29) is 18.9 Å². The van der Waals surface area contributed by atoms with Gasteiger partial charge < -0.3 is 15.8 Å². The Morgan fingerprint density at radius 3 is 2.80 bits per heavy atom. The number of carbonyl (C=O) groups excluding carboxylic acids is 2. The fourth-order valence-corrected chi connectivity index (χ4v) is 4.05. The molecule has 6 heteroatoms. The molecule has 0 saturated heterocycles. The second-order valence-corrected chi connectivity index (χ2v) is 7.41. The zero-order valence-corrected chi connectivity index (χ0v) is 14.8. The maximum atomic E-state index is 12.1. The molecule has 0 unspecified atom stereocenters. The van der Waals surface area contributed by atoms with E-state index in [9.17, 15) is 9.59 Å². The minimum atomic E-state index is -0.893. The largest absolute Gasteiger partial charge is 0.461 e. The van der Waals surface area contributed by atoms with Crippen LogP contribution in [-0.4, -0.2) is 17.9 Å². The lowest BCUT2D eigenvalue weighted by atomic mass is 10.2. The third kappa shape index (κ3) is 4.90. The van der Waals surface area contributed by atoms with Crippen LogP contribution in [-0.2, 0) is 40.3 Å². The topological polar surface area (TPSA) is 81.4 Å². The molecule has 3 rings (SSSR count). The summed E-state index contributed by atoms with van der Waals surface area (Å²) in [5.74, 6) is -0.799. The van der Waals surface area contributed by atoms with Gasteiger partial charge in [-0.3, -0.25) is 9.59 Å². The Labute approximate surface area is 151 Å². The van der Waals surface area contributed by atoms with Crippen LogP contribution in [0.4, 0.5) is 0 Å². The number of esters is 1. The van der Waals surface area contributed by atoms with Crippen molar-refractivity contribution in [2.75, 3.05) is 0 Å². The van der Waals surface area contributed by atoms with E-state index in [1.165, 1.54) is 16.9 Å². The SMILES string of the molecule is N[C@@H](CC(=O)OCc1ccccc1)C(=O)NCc1cc2c(s1)CCC2. The van der Waals surface area contributed by atoms with Gasteiger partial charge in [-0.05, 0) is 36.5 Å². The van der Waals surface area contributed by atoms with Crippen LogP contribution >= 0.6 is 11.3 Å². The van der Waals surface area contributed by atoms with Crippen LogP contribution in [0.2, 0.25) is 0 Å². The Morgan fingerprint density at radius 1 is 1.24 bits per heavy atom. The molecule has 25 heavy (non-hydrogen) atoms. The summed E-state index contributed by atoms with van der Waals surface area (Å²) in [4.78, 5) is 26.4. The first-order chi connectivity index (χ1) is 12.1. The number of rotatable bonds is 7. The molecule has 1 aromatic carbocycles. The van der Waals surface area contributed by atoms with Crippen LogP contribution in [0.15, 0.2) is 36.4 Å². The Kier molecular flexibility index (Phi) is 5.83. The van der Waals surface area contributed by atoms with Crippen molar-refractivity contribution in [1.29, 1.82) is 0 Å². The molecule has 1 atom stereocenters. The molecule has 1 aromatic heterocycles. The van der Waals surface area contributed by atoms with Gasteiger partial charge in [0.05, 0.1) is 19.0 Å². The van der Waals surface area contributed by atoms with Gasteiger partial charge in [-0.25, -0.2) is 0 Å². The Bertz CT molecular complexity index is 721. The number of hydrogen-bond acceptors (Lipinski definition) is 5. The van der Waals surface area contributed by atoms with Gasteiger partial charge in [-0.2, -0.15) is 0 Å². The summed E-state index contributed by atoms with van der Waals surface area (Å²) in [6, 6.07) is 10.7.